The number of morpholine rings is 1. The minimum Gasteiger partial charge on any atom is -0.379 e. The Kier molecular flexibility index (Phi) is 5.97. The third-order valence-corrected chi connectivity index (χ3v) is 7.01. The fraction of sp³-hybridized carbons (Fsp3) is 0.591. The molecule has 1 spiro atoms. The number of nitrogens with zero attached hydrogens (tertiary/aromatic N) is 5. The second-order valence-corrected chi connectivity index (χ2v) is 9.19. The molecule has 0 aliphatic carbocycles. The number of benzene rings is 1. The quantitative estimate of drug-likeness (QED) is 0.674. The van der Waals surface area contributed by atoms with Crippen molar-refractivity contribution in [1.29, 1.82) is 0 Å². The number of hydrogen-bond acceptors (Lipinski definition) is 7. The predicted octanol–water partition coefficient (Wildman–Crippen LogP) is 2.15. The fourth-order valence-electron chi connectivity index (χ4n) is 4.89. The Balaban J connectivity index is 1.15. The highest BCUT2D eigenvalue weighted by Crippen LogP contribution is 2.41. The van der Waals surface area contributed by atoms with Gasteiger partial charge in [-0.05, 0) is 43.7 Å². The van der Waals surface area contributed by atoms with E-state index >= 15 is 0 Å². The lowest BCUT2D eigenvalue weighted by Gasteiger charge is -2.29. The van der Waals surface area contributed by atoms with Crippen molar-refractivity contribution in [3.63, 3.8) is 0 Å². The maximum Gasteiger partial charge on any atom is 0.241 e. The third-order valence-electron chi connectivity index (χ3n) is 6.75. The third kappa shape index (κ3) is 4.48. The van der Waals surface area contributed by atoms with E-state index in [1.54, 1.807) is 0 Å². The number of amides is 1. The van der Waals surface area contributed by atoms with Crippen LogP contribution in [0.2, 0.25) is 5.02 Å². The molecule has 8 nitrogen and oxygen atoms in total. The molecule has 3 saturated heterocycles. The molecule has 2 aromatic rings. The van der Waals surface area contributed by atoms with Crippen molar-refractivity contribution in [2.75, 3.05) is 59.0 Å². The average molecular weight is 446 g/mol. The van der Waals surface area contributed by atoms with E-state index < -0.39 is 0 Å². The first-order valence-electron chi connectivity index (χ1n) is 11.0. The summed E-state index contributed by atoms with van der Waals surface area (Å²) in [4.78, 5) is 24.5. The lowest BCUT2D eigenvalue weighted by molar-refractivity contribution is -0.135. The lowest BCUT2D eigenvalue weighted by Crippen LogP contribution is -2.43. The largest absolute Gasteiger partial charge is 0.379 e. The van der Waals surface area contributed by atoms with Crippen LogP contribution in [0.4, 0.5) is 0 Å². The van der Waals surface area contributed by atoms with Gasteiger partial charge in [0.1, 0.15) is 0 Å². The number of hydrogen-bond donors (Lipinski definition) is 0. The first-order valence-corrected chi connectivity index (χ1v) is 11.4. The molecule has 1 aromatic heterocycles. The fourth-order valence-corrected chi connectivity index (χ4v) is 5.02. The van der Waals surface area contributed by atoms with E-state index in [0.717, 1.165) is 77.4 Å². The molecule has 1 atom stereocenters. The number of halogens is 1. The first-order chi connectivity index (χ1) is 15.1. The zero-order valence-electron chi connectivity index (χ0n) is 17.6. The molecular formula is C22H28ClN5O3. The lowest BCUT2D eigenvalue weighted by atomic mass is 9.85. The Morgan fingerprint density at radius 2 is 1.77 bits per heavy atom. The summed E-state index contributed by atoms with van der Waals surface area (Å²) in [5, 5.41) is 4.77. The van der Waals surface area contributed by atoms with Crippen LogP contribution in [0.25, 0.3) is 11.4 Å². The topological polar surface area (TPSA) is 74.9 Å². The molecule has 1 unspecified atom stereocenters. The molecule has 0 radical (unpaired) electrons. The molecule has 1 amide bonds. The molecule has 4 heterocycles. The molecule has 3 fully saturated rings. The summed E-state index contributed by atoms with van der Waals surface area (Å²) in [6.45, 7) is 8.33. The molecule has 3 aliphatic rings. The van der Waals surface area contributed by atoms with E-state index in [1.165, 1.54) is 0 Å². The van der Waals surface area contributed by atoms with Crippen molar-refractivity contribution in [3.8, 4) is 11.4 Å². The molecule has 3 aliphatic heterocycles. The van der Waals surface area contributed by atoms with Crippen molar-refractivity contribution in [1.82, 2.24) is 24.8 Å². The number of carbonyl (C=O) groups excluding carboxylic acids is 1. The normalized spacial score (nSPS) is 25.2. The van der Waals surface area contributed by atoms with E-state index in [-0.39, 0.29) is 5.41 Å². The van der Waals surface area contributed by atoms with Crippen molar-refractivity contribution >= 4 is 17.5 Å². The van der Waals surface area contributed by atoms with Gasteiger partial charge in [0.05, 0.1) is 25.2 Å². The van der Waals surface area contributed by atoms with E-state index in [9.17, 15) is 4.79 Å². The Hall–Kier alpha value is -2.00. The average Bonchev–Trinajstić information content (AvgIpc) is 3.50. The van der Waals surface area contributed by atoms with Crippen molar-refractivity contribution in [3.05, 3.63) is 35.2 Å². The number of rotatable bonds is 6. The SMILES string of the molecule is O=C1N(CCN2CCOCC2)CCC12CCN(Cc1nc(-c3ccc(Cl)cc3)no1)C2. The molecule has 1 aromatic carbocycles. The second-order valence-electron chi connectivity index (χ2n) is 8.76. The zero-order chi connectivity index (χ0) is 21.3. The highest BCUT2D eigenvalue weighted by molar-refractivity contribution is 6.30. The van der Waals surface area contributed by atoms with Crippen LogP contribution in [0.5, 0.6) is 0 Å². The molecule has 9 heteroatoms. The van der Waals surface area contributed by atoms with Crippen LogP contribution in [-0.4, -0.2) is 89.8 Å². The summed E-state index contributed by atoms with van der Waals surface area (Å²) in [5.74, 6) is 1.46. The Labute approximate surface area is 187 Å². The van der Waals surface area contributed by atoms with Gasteiger partial charge in [0.25, 0.3) is 0 Å². The van der Waals surface area contributed by atoms with Crippen LogP contribution in [-0.2, 0) is 16.1 Å². The number of carbonyl (C=O) groups is 1. The van der Waals surface area contributed by atoms with Crippen LogP contribution in [0, 0.1) is 5.41 Å². The van der Waals surface area contributed by atoms with Crippen molar-refractivity contribution in [2.45, 2.75) is 19.4 Å². The van der Waals surface area contributed by atoms with Gasteiger partial charge in [0.2, 0.25) is 17.6 Å². The summed E-state index contributed by atoms with van der Waals surface area (Å²) >= 11 is 5.95. The summed E-state index contributed by atoms with van der Waals surface area (Å²) in [5.41, 5.74) is 0.628. The molecule has 0 saturated carbocycles. The highest BCUT2D eigenvalue weighted by atomic mass is 35.5. The van der Waals surface area contributed by atoms with Crippen LogP contribution < -0.4 is 0 Å². The molecule has 5 rings (SSSR count). The summed E-state index contributed by atoms with van der Waals surface area (Å²) in [6.07, 6.45) is 1.84. The van der Waals surface area contributed by atoms with Gasteiger partial charge in [-0.1, -0.05) is 16.8 Å². The Morgan fingerprint density at radius 3 is 2.58 bits per heavy atom. The predicted molar refractivity (Wildman–Crippen MR) is 116 cm³/mol. The van der Waals surface area contributed by atoms with Crippen LogP contribution in [0.3, 0.4) is 0 Å². The Bertz CT molecular complexity index is 914. The maximum absolute atomic E-state index is 13.2. The summed E-state index contributed by atoms with van der Waals surface area (Å²) < 4.78 is 10.9. The standard InChI is InChI=1S/C22H28ClN5O3/c23-18-3-1-17(2-4-18)20-24-19(31-25-20)15-27-7-5-22(16-27)6-8-28(21(22)29)10-9-26-11-13-30-14-12-26/h1-4H,5-16H2. The highest BCUT2D eigenvalue weighted by Gasteiger charge is 2.50. The van der Waals surface area contributed by atoms with Crippen LogP contribution in [0.1, 0.15) is 18.7 Å². The Morgan fingerprint density at radius 1 is 1.00 bits per heavy atom. The summed E-state index contributed by atoms with van der Waals surface area (Å²) in [7, 11) is 0. The van der Waals surface area contributed by atoms with Gasteiger partial charge in [-0.25, -0.2) is 0 Å². The minimum absolute atomic E-state index is 0.246. The van der Waals surface area contributed by atoms with Crippen LogP contribution >= 0.6 is 11.6 Å². The van der Waals surface area contributed by atoms with Gasteiger partial charge in [-0.2, -0.15) is 4.98 Å². The number of ether oxygens (including phenoxy) is 1. The van der Waals surface area contributed by atoms with Gasteiger partial charge in [0, 0.05) is 49.9 Å². The molecule has 31 heavy (non-hydrogen) atoms. The first kappa shape index (κ1) is 20.9. The van der Waals surface area contributed by atoms with Gasteiger partial charge in [0.15, 0.2) is 0 Å². The smallest absolute Gasteiger partial charge is 0.241 e. The van der Waals surface area contributed by atoms with Crippen molar-refractivity contribution in [2.24, 2.45) is 5.41 Å². The summed E-state index contributed by atoms with van der Waals surface area (Å²) in [6, 6.07) is 7.39. The molecule has 0 N–H and O–H groups in total. The van der Waals surface area contributed by atoms with Gasteiger partial charge in [-0.15, -0.1) is 0 Å². The van der Waals surface area contributed by atoms with E-state index in [0.29, 0.717) is 29.2 Å². The monoisotopic (exact) mass is 445 g/mol. The number of aromatic nitrogens is 2. The number of likely N-dealkylation sites (tertiary alicyclic amines) is 2. The minimum atomic E-state index is -0.246. The van der Waals surface area contributed by atoms with E-state index in [1.807, 2.05) is 24.3 Å². The molecular weight excluding hydrogens is 418 g/mol. The van der Waals surface area contributed by atoms with E-state index in [4.69, 9.17) is 20.9 Å². The van der Waals surface area contributed by atoms with Crippen molar-refractivity contribution < 1.29 is 14.1 Å². The maximum atomic E-state index is 13.2. The van der Waals surface area contributed by atoms with Gasteiger partial charge < -0.3 is 14.2 Å². The van der Waals surface area contributed by atoms with E-state index in [2.05, 4.69) is 24.8 Å². The second kappa shape index (κ2) is 8.86. The molecule has 166 valence electrons. The van der Waals surface area contributed by atoms with Crippen LogP contribution in [0.15, 0.2) is 28.8 Å². The zero-order valence-corrected chi connectivity index (χ0v) is 18.4. The van der Waals surface area contributed by atoms with Gasteiger partial charge >= 0.3 is 0 Å². The van der Waals surface area contributed by atoms with Gasteiger partial charge in [-0.3, -0.25) is 14.6 Å². The molecule has 0 bridgehead atoms.